The topological polar surface area (TPSA) is 88.2 Å². The summed E-state index contributed by atoms with van der Waals surface area (Å²) in [4.78, 5) is 40.4. The second-order valence-corrected chi connectivity index (χ2v) is 6.86. The average Bonchev–Trinajstić information content (AvgIpc) is 2.98. The molecule has 0 radical (unpaired) electrons. The number of methoxy groups -OCH3 is 2. The first-order valence-corrected chi connectivity index (χ1v) is 9.55. The molecule has 30 heavy (non-hydrogen) atoms. The van der Waals surface area contributed by atoms with Crippen molar-refractivity contribution in [3.05, 3.63) is 54.6 Å². The first kappa shape index (κ1) is 21.3. The lowest BCUT2D eigenvalue weighted by atomic mass is 10.1. The number of thiocarbonyl (C=S) groups is 1. The molecule has 1 aliphatic rings. The predicted molar refractivity (Wildman–Crippen MR) is 115 cm³/mol. The Balaban J connectivity index is 1.84. The maximum atomic E-state index is 13.2. The number of hydrogen-bond acceptors (Lipinski definition) is 6. The Morgan fingerprint density at radius 1 is 1.07 bits per heavy atom. The molecule has 0 unspecified atom stereocenters. The van der Waals surface area contributed by atoms with Gasteiger partial charge in [0.25, 0.3) is 5.91 Å². The van der Waals surface area contributed by atoms with Crippen LogP contribution in [-0.2, 0) is 19.1 Å². The summed E-state index contributed by atoms with van der Waals surface area (Å²) in [6.07, 6.45) is -0.169. The van der Waals surface area contributed by atoms with Gasteiger partial charge in [0.15, 0.2) is 5.11 Å². The van der Waals surface area contributed by atoms with Gasteiger partial charge in [0.2, 0.25) is 5.91 Å². The van der Waals surface area contributed by atoms with Gasteiger partial charge in [-0.3, -0.25) is 19.3 Å². The van der Waals surface area contributed by atoms with Crippen LogP contribution < -0.4 is 15.0 Å². The lowest BCUT2D eigenvalue weighted by Gasteiger charge is -2.22. The third-order valence-electron chi connectivity index (χ3n) is 4.61. The monoisotopic (exact) mass is 427 g/mol. The highest BCUT2D eigenvalue weighted by molar-refractivity contribution is 7.80. The predicted octanol–water partition coefficient (Wildman–Crippen LogP) is 2.20. The molecule has 1 fully saturated rings. The molecular weight excluding hydrogens is 406 g/mol. The van der Waals surface area contributed by atoms with Crippen molar-refractivity contribution in [1.82, 2.24) is 4.90 Å². The quantitative estimate of drug-likeness (QED) is 0.535. The van der Waals surface area contributed by atoms with Gasteiger partial charge in [0.1, 0.15) is 18.3 Å². The highest BCUT2D eigenvalue weighted by Gasteiger charge is 2.45. The number of anilines is 2. The van der Waals surface area contributed by atoms with Gasteiger partial charge in [-0.2, -0.15) is 0 Å². The third-order valence-corrected chi connectivity index (χ3v) is 5.03. The van der Waals surface area contributed by atoms with Crippen LogP contribution >= 0.6 is 12.2 Å². The van der Waals surface area contributed by atoms with Crippen LogP contribution in [0.2, 0.25) is 0 Å². The first-order chi connectivity index (χ1) is 14.4. The molecular formula is C21H21N3O5S. The fourth-order valence-electron chi connectivity index (χ4n) is 3.10. The van der Waals surface area contributed by atoms with E-state index in [1.165, 1.54) is 16.9 Å². The average molecular weight is 427 g/mol. The molecule has 156 valence electrons. The van der Waals surface area contributed by atoms with E-state index in [4.69, 9.17) is 21.7 Å². The van der Waals surface area contributed by atoms with Crippen molar-refractivity contribution in [1.29, 1.82) is 0 Å². The van der Waals surface area contributed by atoms with E-state index in [-0.39, 0.29) is 24.0 Å². The number of amides is 2. The minimum atomic E-state index is -0.928. The number of esters is 1. The van der Waals surface area contributed by atoms with Gasteiger partial charge < -0.3 is 19.7 Å². The Morgan fingerprint density at radius 3 is 2.33 bits per heavy atom. The van der Waals surface area contributed by atoms with E-state index in [0.29, 0.717) is 17.1 Å². The van der Waals surface area contributed by atoms with Crippen LogP contribution in [0.25, 0.3) is 0 Å². The molecule has 1 N–H and O–H groups in total. The minimum Gasteiger partial charge on any atom is -0.497 e. The van der Waals surface area contributed by atoms with Crippen molar-refractivity contribution in [2.24, 2.45) is 0 Å². The van der Waals surface area contributed by atoms with Crippen LogP contribution in [0.1, 0.15) is 6.42 Å². The Morgan fingerprint density at radius 2 is 1.73 bits per heavy atom. The normalized spacial score (nSPS) is 15.9. The molecule has 0 aromatic heterocycles. The van der Waals surface area contributed by atoms with Gasteiger partial charge in [-0.1, -0.05) is 18.2 Å². The van der Waals surface area contributed by atoms with Crippen LogP contribution in [0.4, 0.5) is 11.4 Å². The van der Waals surface area contributed by atoms with Crippen molar-refractivity contribution in [2.45, 2.75) is 12.5 Å². The molecule has 9 heteroatoms. The summed E-state index contributed by atoms with van der Waals surface area (Å²) >= 11 is 5.47. The van der Waals surface area contributed by atoms with Gasteiger partial charge in [-0.15, -0.1) is 0 Å². The number of benzene rings is 2. The van der Waals surface area contributed by atoms with E-state index in [1.54, 1.807) is 55.6 Å². The zero-order valence-electron chi connectivity index (χ0n) is 16.5. The second kappa shape index (κ2) is 9.36. The fraction of sp³-hybridized carbons (Fsp3) is 0.238. The molecule has 1 atom stereocenters. The number of nitrogens with zero attached hydrogens (tertiary/aromatic N) is 2. The molecule has 8 nitrogen and oxygen atoms in total. The maximum absolute atomic E-state index is 13.2. The zero-order valence-corrected chi connectivity index (χ0v) is 17.3. The summed E-state index contributed by atoms with van der Waals surface area (Å²) in [5.41, 5.74) is 1.13. The summed E-state index contributed by atoms with van der Waals surface area (Å²) in [6.45, 7) is -0.239. The number of nitrogens with one attached hydrogen (secondary N) is 1. The van der Waals surface area contributed by atoms with Gasteiger partial charge in [-0.05, 0) is 48.6 Å². The number of hydrogen-bond donors (Lipinski definition) is 1. The number of para-hydroxylation sites is 1. The Hall–Kier alpha value is -3.46. The Bertz CT molecular complexity index is 949. The van der Waals surface area contributed by atoms with Crippen LogP contribution in [0.5, 0.6) is 5.75 Å². The third kappa shape index (κ3) is 4.57. The standard InChI is InChI=1S/C21H21N3O5S/c1-28-16-10-8-15(9-11-16)24-20(27)17(23(21(24)30)13-19(26)29-2)12-18(25)22-14-6-4-3-5-7-14/h3-11,17H,12-13H2,1-2H3,(H,22,25)/t17-/m0/s1. The summed E-state index contributed by atoms with van der Waals surface area (Å²) in [6, 6.07) is 14.8. The van der Waals surface area contributed by atoms with Gasteiger partial charge >= 0.3 is 5.97 Å². The van der Waals surface area contributed by atoms with Crippen LogP contribution in [0.3, 0.4) is 0 Å². The highest BCUT2D eigenvalue weighted by atomic mass is 32.1. The Kier molecular flexibility index (Phi) is 6.63. The zero-order chi connectivity index (χ0) is 21.7. The molecule has 2 amide bonds. The van der Waals surface area contributed by atoms with Crippen LogP contribution in [0, 0.1) is 0 Å². The Labute approximate surface area is 179 Å². The molecule has 1 aliphatic heterocycles. The number of rotatable bonds is 7. The molecule has 1 heterocycles. The summed E-state index contributed by atoms with van der Waals surface area (Å²) in [5.74, 6) is -0.692. The molecule has 1 saturated heterocycles. The molecule has 3 rings (SSSR count). The fourth-order valence-corrected chi connectivity index (χ4v) is 3.48. The van der Waals surface area contributed by atoms with Gasteiger partial charge in [-0.25, -0.2) is 0 Å². The number of ether oxygens (including phenoxy) is 2. The molecule has 2 aromatic rings. The molecule has 0 saturated carbocycles. The van der Waals surface area contributed by atoms with Crippen molar-refractivity contribution in [3.63, 3.8) is 0 Å². The smallest absolute Gasteiger partial charge is 0.325 e. The van der Waals surface area contributed by atoms with E-state index in [0.717, 1.165) is 0 Å². The lowest BCUT2D eigenvalue weighted by Crippen LogP contribution is -2.41. The molecule has 0 bridgehead atoms. The van der Waals surface area contributed by atoms with E-state index in [1.807, 2.05) is 6.07 Å². The SMILES string of the molecule is COC(=O)CN1C(=S)N(c2ccc(OC)cc2)C(=O)[C@@H]1CC(=O)Nc1ccccc1. The van der Waals surface area contributed by atoms with Gasteiger partial charge in [0, 0.05) is 5.69 Å². The van der Waals surface area contributed by atoms with E-state index >= 15 is 0 Å². The van der Waals surface area contributed by atoms with E-state index < -0.39 is 17.9 Å². The first-order valence-electron chi connectivity index (χ1n) is 9.15. The van der Waals surface area contributed by atoms with E-state index in [9.17, 15) is 14.4 Å². The summed E-state index contributed by atoms with van der Waals surface area (Å²) in [7, 11) is 2.79. The molecule has 0 aliphatic carbocycles. The van der Waals surface area contributed by atoms with Crippen molar-refractivity contribution in [3.8, 4) is 5.75 Å². The molecule has 2 aromatic carbocycles. The number of carbonyl (C=O) groups is 3. The van der Waals surface area contributed by atoms with E-state index in [2.05, 4.69) is 5.32 Å². The lowest BCUT2D eigenvalue weighted by molar-refractivity contribution is -0.141. The highest BCUT2D eigenvalue weighted by Crippen LogP contribution is 2.28. The molecule has 0 spiro atoms. The minimum absolute atomic E-state index is 0.132. The van der Waals surface area contributed by atoms with Crippen molar-refractivity contribution < 1.29 is 23.9 Å². The van der Waals surface area contributed by atoms with Crippen molar-refractivity contribution >= 4 is 46.5 Å². The second-order valence-electron chi connectivity index (χ2n) is 6.49. The van der Waals surface area contributed by atoms with Gasteiger partial charge in [0.05, 0.1) is 26.3 Å². The largest absolute Gasteiger partial charge is 0.497 e. The van der Waals surface area contributed by atoms with Crippen LogP contribution in [-0.4, -0.2) is 54.6 Å². The van der Waals surface area contributed by atoms with Crippen molar-refractivity contribution in [2.75, 3.05) is 31.0 Å². The van der Waals surface area contributed by atoms with Crippen LogP contribution in [0.15, 0.2) is 54.6 Å². The summed E-state index contributed by atoms with van der Waals surface area (Å²) in [5, 5.41) is 2.88. The number of carbonyl (C=O) groups excluding carboxylic acids is 3. The maximum Gasteiger partial charge on any atom is 0.325 e. The summed E-state index contributed by atoms with van der Waals surface area (Å²) < 4.78 is 9.87.